The van der Waals surface area contributed by atoms with Crippen LogP contribution in [0.4, 0.5) is 10.1 Å². The summed E-state index contributed by atoms with van der Waals surface area (Å²) in [6.45, 7) is 0. The maximum atomic E-state index is 13.2. The number of nitrogens with one attached hydrogen (secondary N) is 1. The Morgan fingerprint density at radius 3 is 2.75 bits per heavy atom. The number of benzene rings is 1. The van der Waals surface area contributed by atoms with Gasteiger partial charge in [0.05, 0.1) is 0 Å². The third kappa shape index (κ3) is 2.33. The van der Waals surface area contributed by atoms with Crippen molar-refractivity contribution in [3.05, 3.63) is 29.6 Å². The lowest BCUT2D eigenvalue weighted by Gasteiger charge is -2.30. The average Bonchev–Trinajstić information content (AvgIpc) is 2.21. The topological polar surface area (TPSA) is 64.1 Å². The monoisotopic (exact) mass is 223 g/mol. The summed E-state index contributed by atoms with van der Waals surface area (Å²) in [7, 11) is 0. The van der Waals surface area contributed by atoms with Crippen molar-refractivity contribution in [2.75, 3.05) is 5.73 Å². The maximum Gasteiger partial charge on any atom is 0.123 e. The molecule has 0 amide bonds. The molecule has 0 heterocycles. The van der Waals surface area contributed by atoms with Gasteiger partial charge >= 0.3 is 0 Å². The van der Waals surface area contributed by atoms with E-state index in [0.29, 0.717) is 11.6 Å². The first-order chi connectivity index (χ1) is 7.70. The second-order valence-electron chi connectivity index (χ2n) is 4.53. The molecule has 1 aromatic rings. The molecule has 4 heteroatoms. The summed E-state index contributed by atoms with van der Waals surface area (Å²) in [4.78, 5) is 0. The van der Waals surface area contributed by atoms with Crippen LogP contribution < -0.4 is 17.0 Å². The Balaban J connectivity index is 2.14. The lowest BCUT2D eigenvalue weighted by molar-refractivity contribution is 0.262. The van der Waals surface area contributed by atoms with Gasteiger partial charge in [0.1, 0.15) is 5.82 Å². The fraction of sp³-hybridized carbons (Fsp3) is 0.500. The van der Waals surface area contributed by atoms with Crippen molar-refractivity contribution in [2.45, 2.75) is 31.7 Å². The molecule has 1 atom stereocenters. The fourth-order valence-electron chi connectivity index (χ4n) is 2.19. The van der Waals surface area contributed by atoms with Gasteiger partial charge in [-0.3, -0.25) is 11.3 Å². The number of nitrogen functional groups attached to an aromatic ring is 1. The molecular weight excluding hydrogens is 205 g/mol. The third-order valence-electron chi connectivity index (χ3n) is 3.42. The SMILES string of the molecule is NNC(CC1CCC1)c1cc(F)ccc1N. The lowest BCUT2D eigenvalue weighted by atomic mass is 9.79. The van der Waals surface area contributed by atoms with E-state index in [0.717, 1.165) is 12.0 Å². The molecule has 5 N–H and O–H groups in total. The molecule has 1 unspecified atom stereocenters. The van der Waals surface area contributed by atoms with Crippen LogP contribution in [0, 0.1) is 11.7 Å². The van der Waals surface area contributed by atoms with E-state index in [1.807, 2.05) is 0 Å². The van der Waals surface area contributed by atoms with Gasteiger partial charge in [0.25, 0.3) is 0 Å². The highest BCUT2D eigenvalue weighted by molar-refractivity contribution is 5.48. The van der Waals surface area contributed by atoms with Crippen molar-refractivity contribution >= 4 is 5.69 Å². The minimum atomic E-state index is -0.266. The first-order valence-corrected chi connectivity index (χ1v) is 5.71. The van der Waals surface area contributed by atoms with Gasteiger partial charge < -0.3 is 5.73 Å². The van der Waals surface area contributed by atoms with Gasteiger partial charge in [-0.05, 0) is 36.1 Å². The van der Waals surface area contributed by atoms with Gasteiger partial charge in [-0.25, -0.2) is 4.39 Å². The highest BCUT2D eigenvalue weighted by Crippen LogP contribution is 2.35. The molecule has 0 saturated heterocycles. The first kappa shape index (κ1) is 11.4. The summed E-state index contributed by atoms with van der Waals surface area (Å²) in [6.07, 6.45) is 4.71. The molecular formula is C12H18FN3. The second-order valence-corrected chi connectivity index (χ2v) is 4.53. The van der Waals surface area contributed by atoms with E-state index in [1.54, 1.807) is 6.07 Å². The predicted molar refractivity (Wildman–Crippen MR) is 62.8 cm³/mol. The summed E-state index contributed by atoms with van der Waals surface area (Å²) in [5.41, 5.74) is 9.95. The largest absolute Gasteiger partial charge is 0.398 e. The molecule has 3 nitrogen and oxygen atoms in total. The van der Waals surface area contributed by atoms with Crippen LogP contribution in [0.15, 0.2) is 18.2 Å². The quantitative estimate of drug-likeness (QED) is 0.416. The van der Waals surface area contributed by atoms with Crippen molar-refractivity contribution in [1.29, 1.82) is 0 Å². The Labute approximate surface area is 95.0 Å². The molecule has 1 aromatic carbocycles. The van der Waals surface area contributed by atoms with Crippen LogP contribution in [-0.2, 0) is 0 Å². The van der Waals surface area contributed by atoms with Crippen molar-refractivity contribution in [3.63, 3.8) is 0 Å². The minimum absolute atomic E-state index is 0.0407. The Hall–Kier alpha value is -1.13. The zero-order chi connectivity index (χ0) is 11.5. The van der Waals surface area contributed by atoms with E-state index < -0.39 is 0 Å². The van der Waals surface area contributed by atoms with Crippen molar-refractivity contribution < 1.29 is 4.39 Å². The van der Waals surface area contributed by atoms with Gasteiger partial charge in [0.15, 0.2) is 0 Å². The molecule has 0 bridgehead atoms. The Kier molecular flexibility index (Phi) is 3.41. The summed E-state index contributed by atoms with van der Waals surface area (Å²) >= 11 is 0. The van der Waals surface area contributed by atoms with Crippen LogP contribution in [0.1, 0.15) is 37.3 Å². The normalized spacial score (nSPS) is 18.1. The summed E-state index contributed by atoms with van der Waals surface area (Å²) in [6, 6.07) is 4.39. The van der Waals surface area contributed by atoms with Crippen LogP contribution >= 0.6 is 0 Å². The van der Waals surface area contributed by atoms with Crippen LogP contribution in [0.2, 0.25) is 0 Å². The summed E-state index contributed by atoms with van der Waals surface area (Å²) in [5, 5.41) is 0. The number of halogens is 1. The number of hydrogen-bond acceptors (Lipinski definition) is 3. The van der Waals surface area contributed by atoms with Gasteiger partial charge in [0, 0.05) is 11.7 Å². The molecule has 1 aliphatic carbocycles. The molecule has 1 aliphatic rings. The van der Waals surface area contributed by atoms with Crippen LogP contribution in [0.25, 0.3) is 0 Å². The van der Waals surface area contributed by atoms with E-state index in [-0.39, 0.29) is 11.9 Å². The van der Waals surface area contributed by atoms with Crippen molar-refractivity contribution in [1.82, 2.24) is 5.43 Å². The molecule has 0 aliphatic heterocycles. The number of hydrazine groups is 1. The number of nitrogens with two attached hydrogens (primary N) is 2. The Morgan fingerprint density at radius 1 is 1.44 bits per heavy atom. The van der Waals surface area contributed by atoms with Crippen LogP contribution in [0.3, 0.4) is 0 Å². The second kappa shape index (κ2) is 4.80. The maximum absolute atomic E-state index is 13.2. The van der Waals surface area contributed by atoms with Crippen molar-refractivity contribution in [2.24, 2.45) is 11.8 Å². The van der Waals surface area contributed by atoms with Gasteiger partial charge in [-0.2, -0.15) is 0 Å². The number of anilines is 1. The predicted octanol–water partition coefficient (Wildman–Crippen LogP) is 2.10. The zero-order valence-corrected chi connectivity index (χ0v) is 9.25. The van der Waals surface area contributed by atoms with E-state index >= 15 is 0 Å². The minimum Gasteiger partial charge on any atom is -0.398 e. The third-order valence-corrected chi connectivity index (χ3v) is 3.42. The van der Waals surface area contributed by atoms with Crippen LogP contribution in [-0.4, -0.2) is 0 Å². The first-order valence-electron chi connectivity index (χ1n) is 5.71. The number of hydrogen-bond donors (Lipinski definition) is 3. The van der Waals surface area contributed by atoms with E-state index in [1.165, 1.54) is 31.4 Å². The standard InChI is InChI=1S/C12H18FN3/c13-9-4-5-11(14)10(7-9)12(16-15)6-8-2-1-3-8/h4-5,7-8,12,16H,1-3,6,14-15H2. The zero-order valence-electron chi connectivity index (χ0n) is 9.25. The van der Waals surface area contributed by atoms with E-state index in [4.69, 9.17) is 11.6 Å². The molecule has 0 aromatic heterocycles. The molecule has 88 valence electrons. The van der Waals surface area contributed by atoms with Crippen LogP contribution in [0.5, 0.6) is 0 Å². The Morgan fingerprint density at radius 2 is 2.19 bits per heavy atom. The molecule has 1 fully saturated rings. The smallest absolute Gasteiger partial charge is 0.123 e. The van der Waals surface area contributed by atoms with Gasteiger partial charge in [0.2, 0.25) is 0 Å². The van der Waals surface area contributed by atoms with E-state index in [9.17, 15) is 4.39 Å². The molecule has 16 heavy (non-hydrogen) atoms. The summed E-state index contributed by atoms with van der Waals surface area (Å²) < 4.78 is 13.2. The van der Waals surface area contributed by atoms with Gasteiger partial charge in [-0.1, -0.05) is 19.3 Å². The van der Waals surface area contributed by atoms with Gasteiger partial charge in [-0.15, -0.1) is 0 Å². The number of rotatable bonds is 4. The molecule has 0 spiro atoms. The molecule has 1 saturated carbocycles. The average molecular weight is 223 g/mol. The fourth-order valence-corrected chi connectivity index (χ4v) is 2.19. The summed E-state index contributed by atoms with van der Waals surface area (Å²) in [5.74, 6) is 5.96. The Bertz CT molecular complexity index is 363. The molecule has 0 radical (unpaired) electrons. The van der Waals surface area contributed by atoms with E-state index in [2.05, 4.69) is 5.43 Å². The molecule has 2 rings (SSSR count). The highest BCUT2D eigenvalue weighted by atomic mass is 19.1. The van der Waals surface area contributed by atoms with Crippen molar-refractivity contribution in [3.8, 4) is 0 Å². The lowest BCUT2D eigenvalue weighted by Crippen LogP contribution is -2.31. The highest BCUT2D eigenvalue weighted by Gasteiger charge is 2.23.